The largest absolute Gasteiger partial charge is 0.478 e. The van der Waals surface area contributed by atoms with Gasteiger partial charge in [-0.25, -0.2) is 4.79 Å². The molecule has 1 N–H and O–H groups in total. The fourth-order valence-electron chi connectivity index (χ4n) is 7.00. The molecule has 0 amide bonds. The van der Waals surface area contributed by atoms with Crippen molar-refractivity contribution in [3.63, 3.8) is 0 Å². The Balaban J connectivity index is 4.67. The van der Waals surface area contributed by atoms with Gasteiger partial charge in [-0.1, -0.05) is 147 Å². The molecular formula is C47H87NO4. The number of aliphatic carboxylic acids is 1. The van der Waals surface area contributed by atoms with Crippen molar-refractivity contribution in [1.82, 2.24) is 4.90 Å². The number of rotatable bonds is 39. The molecule has 0 aromatic heterocycles. The van der Waals surface area contributed by atoms with E-state index in [1.807, 2.05) is 14.1 Å². The van der Waals surface area contributed by atoms with E-state index in [9.17, 15) is 14.7 Å². The van der Waals surface area contributed by atoms with Gasteiger partial charge in [-0.2, -0.15) is 0 Å². The van der Waals surface area contributed by atoms with Crippen molar-refractivity contribution >= 4 is 11.9 Å². The number of nitrogens with zero attached hydrogens (tertiary/aromatic N) is 1. The zero-order valence-electron chi connectivity index (χ0n) is 35.3. The van der Waals surface area contributed by atoms with E-state index in [0.717, 1.165) is 90.0 Å². The van der Waals surface area contributed by atoms with Gasteiger partial charge in [-0.15, -0.1) is 0 Å². The molecule has 0 aliphatic rings. The predicted molar refractivity (Wildman–Crippen MR) is 226 cm³/mol. The summed E-state index contributed by atoms with van der Waals surface area (Å²) in [6, 6.07) is 0. The minimum absolute atomic E-state index is 0.00888. The summed E-state index contributed by atoms with van der Waals surface area (Å²) in [7, 11) is 4.08. The Morgan fingerprint density at radius 3 is 1.52 bits per heavy atom. The number of ether oxygens (including phenoxy) is 1. The monoisotopic (exact) mass is 730 g/mol. The molecule has 0 aromatic carbocycles. The molecule has 5 heteroatoms. The van der Waals surface area contributed by atoms with E-state index >= 15 is 0 Å². The Morgan fingerprint density at radius 1 is 0.538 bits per heavy atom. The molecule has 1 unspecified atom stereocenters. The highest BCUT2D eigenvalue weighted by molar-refractivity contribution is 5.87. The van der Waals surface area contributed by atoms with Crippen molar-refractivity contribution in [1.29, 1.82) is 0 Å². The van der Waals surface area contributed by atoms with Crippen LogP contribution in [-0.2, 0) is 14.3 Å². The van der Waals surface area contributed by atoms with Crippen molar-refractivity contribution in [3.8, 4) is 0 Å². The highest BCUT2D eigenvalue weighted by Gasteiger charge is 2.16. The molecule has 0 radical (unpaired) electrons. The number of allylic oxidation sites excluding steroid dienone is 5. The molecule has 52 heavy (non-hydrogen) atoms. The summed E-state index contributed by atoms with van der Waals surface area (Å²) in [5.74, 6) is -0.752. The average Bonchev–Trinajstić information content (AvgIpc) is 3.11. The predicted octanol–water partition coefficient (Wildman–Crippen LogP) is 14.5. The van der Waals surface area contributed by atoms with Gasteiger partial charge in [0.15, 0.2) is 0 Å². The van der Waals surface area contributed by atoms with Crippen molar-refractivity contribution in [2.24, 2.45) is 0 Å². The van der Waals surface area contributed by atoms with Gasteiger partial charge in [0.05, 0.1) is 0 Å². The summed E-state index contributed by atoms with van der Waals surface area (Å²) < 4.78 is 6.03. The lowest BCUT2D eigenvalue weighted by atomic mass is 9.92. The first kappa shape index (κ1) is 50.1. The summed E-state index contributed by atoms with van der Waals surface area (Å²) >= 11 is 0. The lowest BCUT2D eigenvalue weighted by Crippen LogP contribution is -2.20. The average molecular weight is 730 g/mol. The zero-order chi connectivity index (χ0) is 38.3. The number of hydrogen-bond acceptors (Lipinski definition) is 4. The van der Waals surface area contributed by atoms with Crippen molar-refractivity contribution in [2.45, 2.75) is 232 Å². The normalized spacial score (nSPS) is 13.0. The van der Waals surface area contributed by atoms with E-state index in [4.69, 9.17) is 4.74 Å². The number of carboxylic acids is 1. The second-order valence-corrected chi connectivity index (χ2v) is 15.7. The second-order valence-electron chi connectivity index (χ2n) is 15.7. The molecule has 0 heterocycles. The Morgan fingerprint density at radius 2 is 0.981 bits per heavy atom. The first-order valence-corrected chi connectivity index (χ1v) is 22.4. The number of esters is 1. The van der Waals surface area contributed by atoms with E-state index in [-0.39, 0.29) is 12.1 Å². The van der Waals surface area contributed by atoms with E-state index in [0.29, 0.717) is 18.4 Å². The number of carboxylic acid groups (broad SMARTS) is 1. The molecule has 0 aromatic rings. The standard InChI is InChI=1S/C47H87NO4/c1-6-9-12-15-16-17-18-19-20-21-22-23-24-25-27-32-38-44(52-46(49)41-35-42-48(4)5)39-33-28-29-34-40-45(47(50)51)43(36-30-14-11-8-3)37-31-26-13-10-7-2/h16-17,19-20,44H,6-15,18,21-42H2,1-5H3,(H,50,51)/b17-16-,20-19-,45-43+. The summed E-state index contributed by atoms with van der Waals surface area (Å²) in [5, 5.41) is 10.2. The maximum absolute atomic E-state index is 12.7. The van der Waals surface area contributed by atoms with Crippen LogP contribution in [0.15, 0.2) is 35.5 Å². The summed E-state index contributed by atoms with van der Waals surface area (Å²) in [6.45, 7) is 7.62. The van der Waals surface area contributed by atoms with Gasteiger partial charge in [0.25, 0.3) is 0 Å². The Labute approximate surface area is 323 Å². The van der Waals surface area contributed by atoms with E-state index in [1.165, 1.54) is 115 Å². The van der Waals surface area contributed by atoms with Crippen molar-refractivity contribution < 1.29 is 19.4 Å². The molecule has 0 spiro atoms. The maximum atomic E-state index is 12.7. The molecule has 0 fully saturated rings. The van der Waals surface area contributed by atoms with Gasteiger partial charge in [0.1, 0.15) is 6.10 Å². The quantitative estimate of drug-likeness (QED) is 0.0295. The van der Waals surface area contributed by atoms with Crippen molar-refractivity contribution in [3.05, 3.63) is 35.5 Å². The lowest BCUT2D eigenvalue weighted by molar-refractivity contribution is -0.150. The number of carbonyl (C=O) groups excluding carboxylic acids is 1. The topological polar surface area (TPSA) is 66.8 Å². The highest BCUT2D eigenvalue weighted by atomic mass is 16.5. The Hall–Kier alpha value is -1.88. The summed E-state index contributed by atoms with van der Waals surface area (Å²) in [4.78, 5) is 27.2. The van der Waals surface area contributed by atoms with Crippen LogP contribution in [0.4, 0.5) is 0 Å². The third kappa shape index (κ3) is 33.9. The number of hydrogen-bond donors (Lipinski definition) is 1. The molecular weight excluding hydrogens is 643 g/mol. The summed E-state index contributed by atoms with van der Waals surface area (Å²) in [5.41, 5.74) is 1.92. The number of unbranched alkanes of at least 4 members (excludes halogenated alkanes) is 19. The van der Waals surface area contributed by atoms with Gasteiger partial charge < -0.3 is 14.7 Å². The van der Waals surface area contributed by atoms with Crippen LogP contribution in [0.3, 0.4) is 0 Å². The zero-order valence-corrected chi connectivity index (χ0v) is 35.3. The van der Waals surface area contributed by atoms with Crippen LogP contribution in [0, 0.1) is 0 Å². The Bertz CT molecular complexity index is 905. The van der Waals surface area contributed by atoms with Crippen LogP contribution in [0.2, 0.25) is 0 Å². The van der Waals surface area contributed by atoms with Crippen LogP contribution in [0.25, 0.3) is 0 Å². The molecule has 5 nitrogen and oxygen atoms in total. The van der Waals surface area contributed by atoms with Crippen LogP contribution in [0.1, 0.15) is 226 Å². The third-order valence-corrected chi connectivity index (χ3v) is 10.3. The highest BCUT2D eigenvalue weighted by Crippen LogP contribution is 2.26. The van der Waals surface area contributed by atoms with Gasteiger partial charge in [-0.3, -0.25) is 4.79 Å². The molecule has 0 saturated carbocycles. The smallest absolute Gasteiger partial charge is 0.331 e. The van der Waals surface area contributed by atoms with E-state index < -0.39 is 5.97 Å². The molecule has 0 bridgehead atoms. The molecule has 0 rings (SSSR count). The SMILES string of the molecule is CCCCC/C=C\C/C=C\CCCCCCCCC(CCCCCC/C(C(=O)O)=C(/CCCCCC)CCCCCCC)OC(=O)CCCN(C)C. The van der Waals surface area contributed by atoms with E-state index in [2.05, 4.69) is 50.0 Å². The first-order valence-electron chi connectivity index (χ1n) is 22.4. The molecule has 0 aliphatic carbocycles. The summed E-state index contributed by atoms with van der Waals surface area (Å²) in [6.07, 6.45) is 44.8. The van der Waals surface area contributed by atoms with Crippen LogP contribution in [-0.4, -0.2) is 48.7 Å². The van der Waals surface area contributed by atoms with Crippen LogP contribution in [0.5, 0.6) is 0 Å². The molecule has 1 atom stereocenters. The van der Waals surface area contributed by atoms with Gasteiger partial charge in [0.2, 0.25) is 0 Å². The minimum Gasteiger partial charge on any atom is -0.478 e. The van der Waals surface area contributed by atoms with Crippen LogP contribution >= 0.6 is 0 Å². The molecule has 0 aliphatic heterocycles. The molecule has 0 saturated heterocycles. The van der Waals surface area contributed by atoms with Crippen molar-refractivity contribution in [2.75, 3.05) is 20.6 Å². The minimum atomic E-state index is -0.700. The second kappa shape index (κ2) is 38.8. The maximum Gasteiger partial charge on any atom is 0.331 e. The third-order valence-electron chi connectivity index (χ3n) is 10.3. The van der Waals surface area contributed by atoms with Gasteiger partial charge in [0, 0.05) is 12.0 Å². The lowest BCUT2D eigenvalue weighted by Gasteiger charge is -2.19. The first-order chi connectivity index (χ1) is 25.3. The van der Waals surface area contributed by atoms with Gasteiger partial charge >= 0.3 is 11.9 Å². The fourth-order valence-corrected chi connectivity index (χ4v) is 7.00. The van der Waals surface area contributed by atoms with E-state index in [1.54, 1.807) is 0 Å². The fraction of sp³-hybridized carbons (Fsp3) is 0.830. The Kier molecular flexibility index (Phi) is 37.4. The molecule has 304 valence electrons. The number of carbonyl (C=O) groups is 2. The van der Waals surface area contributed by atoms with Gasteiger partial charge in [-0.05, 0) is 123 Å². The van der Waals surface area contributed by atoms with Crippen LogP contribution < -0.4 is 0 Å².